The summed E-state index contributed by atoms with van der Waals surface area (Å²) >= 11 is 7.82. The summed E-state index contributed by atoms with van der Waals surface area (Å²) in [6.07, 6.45) is 0. The van der Waals surface area contributed by atoms with Crippen molar-refractivity contribution in [1.82, 2.24) is 0 Å². The second kappa shape index (κ2) is 11.7. The van der Waals surface area contributed by atoms with Crippen molar-refractivity contribution in [1.29, 1.82) is 0 Å². The van der Waals surface area contributed by atoms with Gasteiger partial charge in [0.25, 0.3) is 0 Å². The molecular weight excluding hydrogens is 664 g/mol. The molecule has 0 aliphatic heterocycles. The van der Waals surface area contributed by atoms with Gasteiger partial charge in [-0.3, -0.25) is 0 Å². The fourth-order valence-electron chi connectivity index (χ4n) is 8.65. The van der Waals surface area contributed by atoms with Crippen LogP contribution in [0, 0.1) is 0 Å². The summed E-state index contributed by atoms with van der Waals surface area (Å²) in [5, 5.41) is 15.6. The van der Waals surface area contributed by atoms with Crippen molar-refractivity contribution < 1.29 is 0 Å². The van der Waals surface area contributed by atoms with Crippen LogP contribution in [0.15, 0.2) is 188 Å². The van der Waals surface area contributed by atoms with Crippen molar-refractivity contribution >= 4 is 110 Å². The maximum Gasteiger partial charge on any atom is 0.0887 e. The maximum atomic E-state index is 7.82. The summed E-state index contributed by atoms with van der Waals surface area (Å²) in [6, 6.07) is 67.7. The third-order valence-corrected chi connectivity index (χ3v) is 11.3. The fraction of sp³-hybridized carbons (Fsp3) is 0. The third-order valence-electron chi connectivity index (χ3n) is 11.0. The molecule has 0 atom stereocenters. The van der Waals surface area contributed by atoms with Crippen LogP contribution < -0.4 is 9.80 Å². The highest BCUT2D eigenvalue weighted by Gasteiger charge is 2.25. The van der Waals surface area contributed by atoms with E-state index in [1.807, 2.05) is 0 Å². The lowest BCUT2D eigenvalue weighted by atomic mass is 9.93. The molecule has 0 aromatic heterocycles. The van der Waals surface area contributed by atoms with Crippen LogP contribution in [0.1, 0.15) is 0 Å². The summed E-state index contributed by atoms with van der Waals surface area (Å²) in [7, 11) is 0. The largest absolute Gasteiger partial charge is 0.308 e. The number of nitrogens with zero attached hydrogens (tertiary/aromatic N) is 2. The SMILES string of the molecule is Clc1c(N(c2ccccc2)c2ccc3ccc4cccc5ccc2c3c45)cccc1N(c1ccccc1)c1ccc2ccc3cccc4ccc1c2c34. The van der Waals surface area contributed by atoms with Crippen LogP contribution in [-0.4, -0.2) is 0 Å². The molecule has 0 fully saturated rings. The molecule has 0 spiro atoms. The lowest BCUT2D eigenvalue weighted by molar-refractivity contribution is 1.26. The van der Waals surface area contributed by atoms with Crippen LogP contribution in [0.25, 0.3) is 64.6 Å². The summed E-state index contributed by atoms with van der Waals surface area (Å²) < 4.78 is 0. The topological polar surface area (TPSA) is 6.48 Å². The minimum Gasteiger partial charge on any atom is -0.308 e. The molecule has 11 rings (SSSR count). The number of halogens is 1. The molecule has 0 N–H and O–H groups in total. The Morgan fingerprint density at radius 3 is 1.02 bits per heavy atom. The molecule has 0 heterocycles. The normalized spacial score (nSPS) is 11.9. The van der Waals surface area contributed by atoms with Crippen LogP contribution in [0.3, 0.4) is 0 Å². The Labute approximate surface area is 312 Å². The van der Waals surface area contributed by atoms with E-state index in [-0.39, 0.29) is 0 Å². The molecule has 248 valence electrons. The van der Waals surface area contributed by atoms with Crippen molar-refractivity contribution in [3.05, 3.63) is 193 Å². The first kappa shape index (κ1) is 30.1. The first-order chi connectivity index (χ1) is 26.2. The minimum absolute atomic E-state index is 0.664. The number of anilines is 6. The number of benzene rings is 11. The molecule has 2 nitrogen and oxygen atoms in total. The zero-order chi connectivity index (χ0) is 35.0. The highest BCUT2D eigenvalue weighted by atomic mass is 35.5. The van der Waals surface area contributed by atoms with Gasteiger partial charge in [-0.2, -0.15) is 0 Å². The fourth-order valence-corrected chi connectivity index (χ4v) is 8.95. The van der Waals surface area contributed by atoms with Crippen LogP contribution in [0.5, 0.6) is 0 Å². The highest BCUT2D eigenvalue weighted by Crippen LogP contribution is 2.51. The van der Waals surface area contributed by atoms with Crippen LogP contribution >= 0.6 is 11.6 Å². The van der Waals surface area contributed by atoms with Crippen molar-refractivity contribution in [3.63, 3.8) is 0 Å². The quantitative estimate of drug-likeness (QED) is 0.160. The number of para-hydroxylation sites is 2. The van der Waals surface area contributed by atoms with Gasteiger partial charge in [-0.1, -0.05) is 151 Å². The number of hydrogen-bond acceptors (Lipinski definition) is 2. The van der Waals surface area contributed by atoms with Gasteiger partial charge in [-0.25, -0.2) is 0 Å². The molecule has 11 aromatic carbocycles. The lowest BCUT2D eigenvalue weighted by Gasteiger charge is -2.32. The van der Waals surface area contributed by atoms with Gasteiger partial charge in [-0.05, 0) is 102 Å². The maximum absolute atomic E-state index is 7.82. The molecule has 0 aliphatic carbocycles. The smallest absolute Gasteiger partial charge is 0.0887 e. The molecule has 0 unspecified atom stereocenters. The van der Waals surface area contributed by atoms with E-state index < -0.39 is 0 Å². The standard InChI is InChI=1S/C50H31ClN2/c51-50-44(52(38-14-3-1-4-15-38)42-30-26-36-22-20-32-10-7-12-34-24-28-40(42)48(36)46(32)34)18-9-19-45(50)53(39-16-5-2-6-17-39)43-31-27-37-23-21-33-11-8-13-35-25-29-41(43)49(37)47(33)35/h1-31H. The Morgan fingerprint density at radius 1 is 0.264 bits per heavy atom. The Hall–Kier alpha value is -6.61. The molecule has 0 bridgehead atoms. The average Bonchev–Trinajstić information content (AvgIpc) is 3.22. The van der Waals surface area contributed by atoms with E-state index in [0.717, 1.165) is 34.1 Å². The average molecular weight is 695 g/mol. The predicted molar refractivity (Wildman–Crippen MR) is 228 cm³/mol. The van der Waals surface area contributed by atoms with E-state index in [0.29, 0.717) is 5.02 Å². The van der Waals surface area contributed by atoms with Gasteiger partial charge in [0.15, 0.2) is 0 Å². The minimum atomic E-state index is 0.664. The number of rotatable bonds is 6. The Morgan fingerprint density at radius 2 is 0.604 bits per heavy atom. The molecule has 0 saturated heterocycles. The second-order valence-corrected chi connectivity index (χ2v) is 14.2. The third kappa shape index (κ3) is 4.53. The van der Waals surface area contributed by atoms with Gasteiger partial charge in [0, 0.05) is 22.1 Å². The molecule has 11 aromatic rings. The molecule has 3 heteroatoms. The van der Waals surface area contributed by atoms with Gasteiger partial charge >= 0.3 is 0 Å². The van der Waals surface area contributed by atoms with E-state index in [1.54, 1.807) is 0 Å². The lowest BCUT2D eigenvalue weighted by Crippen LogP contribution is -2.15. The van der Waals surface area contributed by atoms with Gasteiger partial charge in [0.1, 0.15) is 0 Å². The van der Waals surface area contributed by atoms with E-state index in [1.165, 1.54) is 64.6 Å². The van der Waals surface area contributed by atoms with Gasteiger partial charge in [0.2, 0.25) is 0 Å². The molecule has 0 aliphatic rings. The van der Waals surface area contributed by atoms with E-state index in [9.17, 15) is 0 Å². The summed E-state index contributed by atoms with van der Waals surface area (Å²) in [6.45, 7) is 0. The Kier molecular flexibility index (Phi) is 6.64. The first-order valence-corrected chi connectivity index (χ1v) is 18.4. The Balaban J connectivity index is 1.18. The van der Waals surface area contributed by atoms with Crippen LogP contribution in [0.4, 0.5) is 34.1 Å². The van der Waals surface area contributed by atoms with Crippen LogP contribution in [0.2, 0.25) is 5.02 Å². The summed E-state index contributed by atoms with van der Waals surface area (Å²) in [5.41, 5.74) is 6.05. The van der Waals surface area contributed by atoms with Crippen molar-refractivity contribution in [2.45, 2.75) is 0 Å². The van der Waals surface area contributed by atoms with Gasteiger partial charge in [0.05, 0.1) is 27.8 Å². The van der Waals surface area contributed by atoms with E-state index in [4.69, 9.17) is 11.6 Å². The van der Waals surface area contributed by atoms with Gasteiger partial charge in [-0.15, -0.1) is 0 Å². The zero-order valence-electron chi connectivity index (χ0n) is 28.7. The summed E-state index contributed by atoms with van der Waals surface area (Å²) in [5.74, 6) is 0. The highest BCUT2D eigenvalue weighted by molar-refractivity contribution is 6.37. The molecular formula is C50H31ClN2. The number of hydrogen-bond donors (Lipinski definition) is 0. The van der Waals surface area contributed by atoms with Crippen molar-refractivity contribution in [3.8, 4) is 0 Å². The zero-order valence-corrected chi connectivity index (χ0v) is 29.4. The van der Waals surface area contributed by atoms with Crippen molar-refractivity contribution in [2.24, 2.45) is 0 Å². The first-order valence-electron chi connectivity index (χ1n) is 18.0. The summed E-state index contributed by atoms with van der Waals surface area (Å²) in [4.78, 5) is 4.65. The van der Waals surface area contributed by atoms with Gasteiger partial charge < -0.3 is 9.80 Å². The molecule has 0 radical (unpaired) electrons. The molecule has 0 saturated carbocycles. The Bertz CT molecular complexity index is 2890. The second-order valence-electron chi connectivity index (χ2n) is 13.8. The van der Waals surface area contributed by atoms with Crippen molar-refractivity contribution in [2.75, 3.05) is 9.80 Å². The predicted octanol–water partition coefficient (Wildman–Crippen LogP) is 15.1. The molecule has 53 heavy (non-hydrogen) atoms. The van der Waals surface area contributed by atoms with E-state index >= 15 is 0 Å². The van der Waals surface area contributed by atoms with E-state index in [2.05, 4.69) is 198 Å². The molecule has 0 amide bonds. The monoisotopic (exact) mass is 694 g/mol. The van der Waals surface area contributed by atoms with Crippen LogP contribution in [-0.2, 0) is 0 Å².